The van der Waals surface area contributed by atoms with Crippen molar-refractivity contribution in [2.24, 2.45) is 0 Å². The summed E-state index contributed by atoms with van der Waals surface area (Å²) in [5.74, 6) is 0.213. The molecular weight excluding hydrogens is 256 g/mol. The van der Waals surface area contributed by atoms with Crippen molar-refractivity contribution < 1.29 is 18.3 Å². The van der Waals surface area contributed by atoms with Gasteiger partial charge in [0.05, 0.1) is 7.11 Å². The summed E-state index contributed by atoms with van der Waals surface area (Å²) in [4.78, 5) is 0.0585. The normalized spacial score (nSPS) is 11.4. The molecule has 1 aromatic carbocycles. The number of aliphatic hydroxyl groups is 1. The van der Waals surface area contributed by atoms with E-state index in [0.717, 1.165) is 0 Å². The van der Waals surface area contributed by atoms with Crippen LogP contribution in [0.25, 0.3) is 0 Å². The molecule has 1 aromatic rings. The van der Waals surface area contributed by atoms with Crippen molar-refractivity contribution in [3.63, 3.8) is 0 Å². The van der Waals surface area contributed by atoms with Crippen LogP contribution in [0.3, 0.4) is 0 Å². The smallest absolute Gasteiger partial charge is 0.244 e. The van der Waals surface area contributed by atoms with Gasteiger partial charge >= 0.3 is 0 Å². The SMILES string of the molecule is COc1cc(N)ccc1S(=O)(=O)NCCCCO. The average Bonchev–Trinajstić information content (AvgIpc) is 2.34. The fourth-order valence-electron chi connectivity index (χ4n) is 1.43. The number of sulfonamides is 1. The van der Waals surface area contributed by atoms with Gasteiger partial charge in [0.15, 0.2) is 0 Å². The zero-order valence-electron chi connectivity index (χ0n) is 10.2. The van der Waals surface area contributed by atoms with Crippen molar-refractivity contribution in [2.75, 3.05) is 26.0 Å². The number of hydrogen-bond acceptors (Lipinski definition) is 5. The zero-order chi connectivity index (χ0) is 13.6. The van der Waals surface area contributed by atoms with Gasteiger partial charge in [0, 0.05) is 24.9 Å². The molecule has 0 atom stereocenters. The molecule has 0 spiro atoms. The van der Waals surface area contributed by atoms with Crippen LogP contribution in [0.15, 0.2) is 23.1 Å². The largest absolute Gasteiger partial charge is 0.495 e. The van der Waals surface area contributed by atoms with Crippen molar-refractivity contribution in [2.45, 2.75) is 17.7 Å². The molecule has 102 valence electrons. The molecule has 0 aliphatic heterocycles. The second kappa shape index (κ2) is 6.58. The number of nitrogen functional groups attached to an aromatic ring is 1. The highest BCUT2D eigenvalue weighted by molar-refractivity contribution is 7.89. The van der Waals surface area contributed by atoms with Crippen LogP contribution in [0.4, 0.5) is 5.69 Å². The van der Waals surface area contributed by atoms with Crippen LogP contribution in [-0.2, 0) is 10.0 Å². The predicted octanol–water partition coefficient (Wildman–Crippen LogP) is 0.328. The first-order valence-electron chi connectivity index (χ1n) is 5.55. The van der Waals surface area contributed by atoms with E-state index in [-0.39, 0.29) is 23.8 Å². The number of nitrogens with two attached hydrogens (primary N) is 1. The first-order valence-corrected chi connectivity index (χ1v) is 7.03. The fourth-order valence-corrected chi connectivity index (χ4v) is 2.65. The van der Waals surface area contributed by atoms with Crippen molar-refractivity contribution in [1.29, 1.82) is 0 Å². The van der Waals surface area contributed by atoms with E-state index in [2.05, 4.69) is 4.72 Å². The Kier molecular flexibility index (Phi) is 5.39. The Morgan fingerprint density at radius 2 is 2.11 bits per heavy atom. The maximum absolute atomic E-state index is 12.0. The third-order valence-corrected chi connectivity index (χ3v) is 3.85. The lowest BCUT2D eigenvalue weighted by molar-refractivity contribution is 0.285. The van der Waals surface area contributed by atoms with Gasteiger partial charge in [-0.1, -0.05) is 0 Å². The average molecular weight is 274 g/mol. The summed E-state index contributed by atoms with van der Waals surface area (Å²) in [5.41, 5.74) is 6.00. The first kappa shape index (κ1) is 14.7. The maximum atomic E-state index is 12.0. The van der Waals surface area contributed by atoms with E-state index >= 15 is 0 Å². The molecule has 0 aliphatic rings. The van der Waals surface area contributed by atoms with E-state index in [0.29, 0.717) is 18.5 Å². The standard InChI is InChI=1S/C11H18N2O4S/c1-17-10-8-9(12)4-5-11(10)18(15,16)13-6-2-3-7-14/h4-5,8,13-14H,2-3,6-7,12H2,1H3. The molecule has 0 saturated carbocycles. The van der Waals surface area contributed by atoms with Crippen molar-refractivity contribution in [3.05, 3.63) is 18.2 Å². The Morgan fingerprint density at radius 1 is 1.39 bits per heavy atom. The van der Waals surface area contributed by atoms with E-state index in [9.17, 15) is 8.42 Å². The molecule has 6 nitrogen and oxygen atoms in total. The summed E-state index contributed by atoms with van der Waals surface area (Å²) in [5, 5.41) is 8.61. The van der Waals surface area contributed by atoms with E-state index < -0.39 is 10.0 Å². The van der Waals surface area contributed by atoms with Crippen LogP contribution in [0.5, 0.6) is 5.75 Å². The van der Waals surface area contributed by atoms with Gasteiger partial charge in [-0.3, -0.25) is 0 Å². The molecule has 18 heavy (non-hydrogen) atoms. The van der Waals surface area contributed by atoms with Gasteiger partial charge in [-0.05, 0) is 25.0 Å². The molecule has 7 heteroatoms. The third kappa shape index (κ3) is 3.86. The number of rotatable bonds is 7. The maximum Gasteiger partial charge on any atom is 0.244 e. The van der Waals surface area contributed by atoms with E-state index in [4.69, 9.17) is 15.6 Å². The van der Waals surface area contributed by atoms with Gasteiger partial charge in [0.25, 0.3) is 0 Å². The molecule has 0 heterocycles. The number of ether oxygens (including phenoxy) is 1. The van der Waals surface area contributed by atoms with Gasteiger partial charge in [0.1, 0.15) is 10.6 Å². The summed E-state index contributed by atoms with van der Waals surface area (Å²) < 4.78 is 31.4. The van der Waals surface area contributed by atoms with E-state index in [1.54, 1.807) is 0 Å². The van der Waals surface area contributed by atoms with Crippen LogP contribution in [-0.4, -0.2) is 33.8 Å². The van der Waals surface area contributed by atoms with Crippen LogP contribution in [0.2, 0.25) is 0 Å². The van der Waals surface area contributed by atoms with Gasteiger partial charge in [-0.15, -0.1) is 0 Å². The highest BCUT2D eigenvalue weighted by Gasteiger charge is 2.18. The molecule has 0 amide bonds. The number of hydrogen-bond donors (Lipinski definition) is 3. The molecule has 0 fully saturated rings. The summed E-state index contributed by atoms with van der Waals surface area (Å²) in [6.07, 6.45) is 1.13. The summed E-state index contributed by atoms with van der Waals surface area (Å²) >= 11 is 0. The van der Waals surface area contributed by atoms with Gasteiger partial charge in [-0.2, -0.15) is 0 Å². The molecule has 1 rings (SSSR count). The van der Waals surface area contributed by atoms with Crippen LogP contribution >= 0.6 is 0 Å². The lowest BCUT2D eigenvalue weighted by Gasteiger charge is -2.11. The predicted molar refractivity (Wildman–Crippen MR) is 68.9 cm³/mol. The highest BCUT2D eigenvalue weighted by Crippen LogP contribution is 2.25. The lowest BCUT2D eigenvalue weighted by atomic mass is 10.3. The van der Waals surface area contributed by atoms with Crippen molar-refractivity contribution >= 4 is 15.7 Å². The van der Waals surface area contributed by atoms with Crippen molar-refractivity contribution in [3.8, 4) is 5.75 Å². The van der Waals surface area contributed by atoms with Crippen LogP contribution in [0, 0.1) is 0 Å². The molecule has 0 aliphatic carbocycles. The minimum absolute atomic E-state index is 0.0485. The van der Waals surface area contributed by atoms with Crippen LogP contribution < -0.4 is 15.2 Å². The van der Waals surface area contributed by atoms with Crippen molar-refractivity contribution in [1.82, 2.24) is 4.72 Å². The Balaban J connectivity index is 2.84. The number of methoxy groups -OCH3 is 1. The summed E-state index contributed by atoms with van der Waals surface area (Å²) in [6.45, 7) is 0.323. The fraction of sp³-hybridized carbons (Fsp3) is 0.455. The van der Waals surface area contributed by atoms with Gasteiger partial charge < -0.3 is 15.6 Å². The minimum Gasteiger partial charge on any atom is -0.495 e. The topological polar surface area (TPSA) is 102 Å². The number of aliphatic hydroxyl groups excluding tert-OH is 1. The Labute approximate surface area is 107 Å². The quantitative estimate of drug-likeness (QED) is 0.491. The number of unbranched alkanes of at least 4 members (excludes halogenated alkanes) is 1. The summed E-state index contributed by atoms with van der Waals surface area (Å²) in [7, 11) is -2.22. The molecule has 4 N–H and O–H groups in total. The lowest BCUT2D eigenvalue weighted by Crippen LogP contribution is -2.25. The zero-order valence-corrected chi connectivity index (χ0v) is 11.0. The first-order chi connectivity index (χ1) is 8.51. The number of nitrogens with one attached hydrogen (secondary N) is 1. The Hall–Kier alpha value is -1.31. The molecule has 0 bridgehead atoms. The second-order valence-electron chi connectivity index (χ2n) is 3.74. The molecule has 0 aromatic heterocycles. The van der Waals surface area contributed by atoms with E-state index in [1.807, 2.05) is 0 Å². The minimum atomic E-state index is -3.61. The van der Waals surface area contributed by atoms with Gasteiger partial charge in [-0.25, -0.2) is 13.1 Å². The molecule has 0 unspecified atom stereocenters. The molecule has 0 radical (unpaired) electrons. The second-order valence-corrected chi connectivity index (χ2v) is 5.47. The highest BCUT2D eigenvalue weighted by atomic mass is 32.2. The van der Waals surface area contributed by atoms with Gasteiger partial charge in [0.2, 0.25) is 10.0 Å². The van der Waals surface area contributed by atoms with E-state index in [1.165, 1.54) is 25.3 Å². The molecular formula is C11H18N2O4S. The number of benzene rings is 1. The third-order valence-electron chi connectivity index (χ3n) is 2.35. The Bertz CT molecular complexity index is 488. The monoisotopic (exact) mass is 274 g/mol. The van der Waals surface area contributed by atoms with Crippen LogP contribution in [0.1, 0.15) is 12.8 Å². The Morgan fingerprint density at radius 3 is 2.72 bits per heavy atom. The molecule has 0 saturated heterocycles. The summed E-state index contributed by atoms with van der Waals surface area (Å²) in [6, 6.07) is 4.37. The number of anilines is 1.